The van der Waals surface area contributed by atoms with Crippen LogP contribution in [0.25, 0.3) is 11.0 Å². The fourth-order valence-corrected chi connectivity index (χ4v) is 1.86. The Bertz CT molecular complexity index is 633. The molecule has 0 aliphatic carbocycles. The van der Waals surface area contributed by atoms with Crippen LogP contribution in [0.4, 0.5) is 3.89 Å². The van der Waals surface area contributed by atoms with E-state index in [1.165, 1.54) is 10.7 Å². The van der Waals surface area contributed by atoms with Crippen LogP contribution in [-0.2, 0) is 17.3 Å². The van der Waals surface area contributed by atoms with Gasteiger partial charge in [0.2, 0.25) is 0 Å². The SMILES string of the molecule is Cc1nn(C)c2ncc(S(=O)(=O)F)cc12. The summed E-state index contributed by atoms with van der Waals surface area (Å²) in [5.41, 5.74) is 1.14. The molecule has 0 saturated heterocycles. The number of nitrogens with zero attached hydrogens (tertiary/aromatic N) is 3. The lowest BCUT2D eigenvalue weighted by atomic mass is 10.3. The summed E-state index contributed by atoms with van der Waals surface area (Å²) in [5, 5.41) is 4.59. The maximum Gasteiger partial charge on any atom is 0.333 e. The lowest BCUT2D eigenvalue weighted by Gasteiger charge is -1.95. The molecule has 2 aromatic heterocycles. The van der Waals surface area contributed by atoms with Crippen LogP contribution >= 0.6 is 0 Å². The van der Waals surface area contributed by atoms with Gasteiger partial charge in [-0.05, 0) is 13.0 Å². The summed E-state index contributed by atoms with van der Waals surface area (Å²) in [7, 11) is -3.01. The number of hydrogen-bond acceptors (Lipinski definition) is 4. The first-order valence-corrected chi connectivity index (χ1v) is 5.52. The Hall–Kier alpha value is -1.50. The number of aromatic nitrogens is 3. The molecule has 0 N–H and O–H groups in total. The topological polar surface area (TPSA) is 64.8 Å². The van der Waals surface area contributed by atoms with Crippen molar-refractivity contribution < 1.29 is 12.3 Å². The Labute approximate surface area is 85.8 Å². The Balaban J connectivity index is 2.82. The number of hydrogen-bond donors (Lipinski definition) is 0. The van der Waals surface area contributed by atoms with Gasteiger partial charge in [-0.2, -0.15) is 13.5 Å². The van der Waals surface area contributed by atoms with Crippen molar-refractivity contribution in [3.63, 3.8) is 0 Å². The van der Waals surface area contributed by atoms with Gasteiger partial charge in [-0.25, -0.2) is 4.98 Å². The quantitative estimate of drug-likeness (QED) is 0.682. The van der Waals surface area contributed by atoms with Crippen LogP contribution < -0.4 is 0 Å². The van der Waals surface area contributed by atoms with Gasteiger partial charge in [0, 0.05) is 12.4 Å². The molecule has 0 bridgehead atoms. The van der Waals surface area contributed by atoms with Gasteiger partial charge in [0.25, 0.3) is 0 Å². The van der Waals surface area contributed by atoms with Crippen LogP contribution in [0.2, 0.25) is 0 Å². The lowest BCUT2D eigenvalue weighted by Crippen LogP contribution is -1.95. The van der Waals surface area contributed by atoms with E-state index in [4.69, 9.17) is 0 Å². The third-order valence-corrected chi connectivity index (χ3v) is 2.91. The van der Waals surface area contributed by atoms with Crippen molar-refractivity contribution in [3.05, 3.63) is 18.0 Å². The lowest BCUT2D eigenvalue weighted by molar-refractivity contribution is 0.552. The number of pyridine rings is 1. The molecule has 2 rings (SSSR count). The van der Waals surface area contributed by atoms with Crippen molar-refractivity contribution in [2.24, 2.45) is 7.05 Å². The molecule has 5 nitrogen and oxygen atoms in total. The van der Waals surface area contributed by atoms with Crippen molar-refractivity contribution in [3.8, 4) is 0 Å². The number of rotatable bonds is 1. The molecular weight excluding hydrogens is 221 g/mol. The highest BCUT2D eigenvalue weighted by atomic mass is 32.3. The molecule has 7 heteroatoms. The van der Waals surface area contributed by atoms with Gasteiger partial charge in [0.05, 0.1) is 11.9 Å². The normalized spacial score (nSPS) is 12.2. The van der Waals surface area contributed by atoms with E-state index in [1.807, 2.05) is 0 Å². The Kier molecular flexibility index (Phi) is 2.00. The van der Waals surface area contributed by atoms with Crippen LogP contribution in [-0.4, -0.2) is 23.2 Å². The summed E-state index contributed by atoms with van der Waals surface area (Å²) in [6.45, 7) is 1.71. The average Bonchev–Trinajstić information content (AvgIpc) is 2.41. The minimum absolute atomic E-state index is 0.439. The Morgan fingerprint density at radius 2 is 2.13 bits per heavy atom. The van der Waals surface area contributed by atoms with Crippen LogP contribution in [0, 0.1) is 6.92 Å². The maximum atomic E-state index is 12.7. The zero-order valence-corrected chi connectivity index (χ0v) is 8.92. The van der Waals surface area contributed by atoms with Gasteiger partial charge in [-0.1, -0.05) is 0 Å². The van der Waals surface area contributed by atoms with Gasteiger partial charge in [0.1, 0.15) is 4.90 Å². The monoisotopic (exact) mass is 229 g/mol. The molecule has 0 radical (unpaired) electrons. The van der Waals surface area contributed by atoms with E-state index in [9.17, 15) is 12.3 Å². The molecule has 0 saturated carbocycles. The minimum atomic E-state index is -4.70. The second-order valence-electron chi connectivity index (χ2n) is 3.19. The van der Waals surface area contributed by atoms with Gasteiger partial charge in [-0.3, -0.25) is 4.68 Å². The van der Waals surface area contributed by atoms with Crippen LogP contribution in [0.3, 0.4) is 0 Å². The van der Waals surface area contributed by atoms with E-state index in [1.54, 1.807) is 14.0 Å². The Morgan fingerprint density at radius 3 is 2.73 bits per heavy atom. The smallest absolute Gasteiger partial charge is 0.250 e. The molecular formula is C8H8FN3O2S. The van der Waals surface area contributed by atoms with Gasteiger partial charge in [-0.15, -0.1) is 3.89 Å². The molecule has 15 heavy (non-hydrogen) atoms. The summed E-state index contributed by atoms with van der Waals surface area (Å²) >= 11 is 0. The van der Waals surface area contributed by atoms with Gasteiger partial charge < -0.3 is 0 Å². The number of fused-ring (bicyclic) bond motifs is 1. The molecule has 0 amide bonds. The van der Waals surface area contributed by atoms with E-state index in [0.29, 0.717) is 16.7 Å². The third-order valence-electron chi connectivity index (χ3n) is 2.12. The van der Waals surface area contributed by atoms with Crippen LogP contribution in [0.5, 0.6) is 0 Å². The second kappa shape index (κ2) is 2.99. The predicted molar refractivity (Wildman–Crippen MR) is 51.5 cm³/mol. The highest BCUT2D eigenvalue weighted by molar-refractivity contribution is 7.86. The van der Waals surface area contributed by atoms with E-state index in [-0.39, 0.29) is 0 Å². The fourth-order valence-electron chi connectivity index (χ4n) is 1.42. The van der Waals surface area contributed by atoms with Crippen molar-refractivity contribution in [1.29, 1.82) is 0 Å². The Morgan fingerprint density at radius 1 is 1.47 bits per heavy atom. The molecule has 2 aromatic rings. The average molecular weight is 229 g/mol. The van der Waals surface area contributed by atoms with E-state index < -0.39 is 15.1 Å². The number of halogens is 1. The summed E-state index contributed by atoms with van der Waals surface area (Å²) in [5.74, 6) is 0. The second-order valence-corrected chi connectivity index (χ2v) is 4.54. The molecule has 0 spiro atoms. The first-order valence-electron chi connectivity index (χ1n) is 4.13. The molecule has 0 aromatic carbocycles. The predicted octanol–water partition coefficient (Wildman–Crippen LogP) is 0.935. The molecule has 2 heterocycles. The van der Waals surface area contributed by atoms with Crippen LogP contribution in [0.15, 0.2) is 17.2 Å². The number of aryl methyl sites for hydroxylation is 2. The largest absolute Gasteiger partial charge is 0.333 e. The summed E-state index contributed by atoms with van der Waals surface area (Å²) in [6, 6.07) is 1.24. The fraction of sp³-hybridized carbons (Fsp3) is 0.250. The van der Waals surface area contributed by atoms with Gasteiger partial charge in [0.15, 0.2) is 5.65 Å². The van der Waals surface area contributed by atoms with E-state index in [2.05, 4.69) is 10.1 Å². The standard InChI is InChI=1S/C8H8FN3O2S/c1-5-7-3-6(15(9,13)14)4-10-8(7)12(2)11-5/h3-4H,1-2H3. The van der Waals surface area contributed by atoms with Crippen molar-refractivity contribution in [2.75, 3.05) is 0 Å². The summed E-state index contributed by atoms with van der Waals surface area (Å²) < 4.78 is 35.5. The molecule has 0 fully saturated rings. The highest BCUT2D eigenvalue weighted by Gasteiger charge is 2.15. The molecule has 80 valence electrons. The molecule has 0 aliphatic rings. The zero-order chi connectivity index (χ0) is 11.2. The third kappa shape index (κ3) is 1.58. The molecule has 0 atom stereocenters. The van der Waals surface area contributed by atoms with E-state index in [0.717, 1.165) is 6.20 Å². The van der Waals surface area contributed by atoms with Crippen molar-refractivity contribution in [1.82, 2.24) is 14.8 Å². The summed E-state index contributed by atoms with van der Waals surface area (Å²) in [4.78, 5) is 3.41. The van der Waals surface area contributed by atoms with Crippen molar-refractivity contribution >= 4 is 21.3 Å². The zero-order valence-electron chi connectivity index (χ0n) is 8.10. The van der Waals surface area contributed by atoms with E-state index >= 15 is 0 Å². The first-order chi connectivity index (χ1) is 6.89. The summed E-state index contributed by atoms with van der Waals surface area (Å²) in [6.07, 6.45) is 0.985. The van der Waals surface area contributed by atoms with Crippen LogP contribution in [0.1, 0.15) is 5.69 Å². The first kappa shape index (κ1) is 10.0. The maximum absolute atomic E-state index is 12.7. The molecule has 0 aliphatic heterocycles. The minimum Gasteiger partial charge on any atom is -0.250 e. The van der Waals surface area contributed by atoms with Crippen molar-refractivity contribution in [2.45, 2.75) is 11.8 Å². The molecule has 0 unspecified atom stereocenters. The highest BCUT2D eigenvalue weighted by Crippen LogP contribution is 2.20. The van der Waals surface area contributed by atoms with Gasteiger partial charge >= 0.3 is 10.2 Å².